The van der Waals surface area contributed by atoms with Gasteiger partial charge in [0.1, 0.15) is 5.82 Å². The minimum atomic E-state index is 0.801. The number of hydrogen-bond donors (Lipinski definition) is 1. The highest BCUT2D eigenvalue weighted by Crippen LogP contribution is 2.33. The fourth-order valence-electron chi connectivity index (χ4n) is 5.95. The summed E-state index contributed by atoms with van der Waals surface area (Å²) in [4.78, 5) is 13.9. The number of piperidine rings is 1. The van der Waals surface area contributed by atoms with Gasteiger partial charge in [-0.15, -0.1) is 0 Å². The summed E-state index contributed by atoms with van der Waals surface area (Å²) >= 11 is 0. The van der Waals surface area contributed by atoms with E-state index in [-0.39, 0.29) is 0 Å². The van der Waals surface area contributed by atoms with Crippen molar-refractivity contribution in [3.63, 3.8) is 0 Å². The number of rotatable bonds is 6. The first kappa shape index (κ1) is 17.2. The molecule has 6 rings (SSSR count). The first-order chi connectivity index (χ1) is 12.8. The van der Waals surface area contributed by atoms with Crippen LogP contribution in [-0.2, 0) is 13.0 Å². The first-order valence-electron chi connectivity index (χ1n) is 11.3. The number of aromatic nitrogens is 2. The lowest BCUT2D eigenvalue weighted by Crippen LogP contribution is -2.46. The quantitative estimate of drug-likeness (QED) is 0.841. The summed E-state index contributed by atoms with van der Waals surface area (Å²) in [5, 5.41) is 0. The van der Waals surface area contributed by atoms with Crippen LogP contribution in [0.15, 0.2) is 6.20 Å². The highest BCUT2D eigenvalue weighted by atomic mass is 15.3. The molecule has 1 aromatic rings. The van der Waals surface area contributed by atoms with Crippen molar-refractivity contribution < 1.29 is 0 Å². The van der Waals surface area contributed by atoms with E-state index in [1.807, 2.05) is 0 Å². The van der Waals surface area contributed by atoms with Gasteiger partial charge in [0.2, 0.25) is 0 Å². The van der Waals surface area contributed by atoms with Crippen LogP contribution in [0.3, 0.4) is 0 Å². The molecular formula is C22H36N4. The molecule has 2 saturated carbocycles. The number of imidazole rings is 1. The van der Waals surface area contributed by atoms with Gasteiger partial charge in [-0.3, -0.25) is 9.80 Å². The van der Waals surface area contributed by atoms with Crippen molar-refractivity contribution in [1.82, 2.24) is 19.8 Å². The highest BCUT2D eigenvalue weighted by molar-refractivity contribution is 5.03. The van der Waals surface area contributed by atoms with Crippen molar-refractivity contribution in [2.75, 3.05) is 26.2 Å². The van der Waals surface area contributed by atoms with E-state index in [1.165, 1.54) is 102 Å². The second-order valence-electron chi connectivity index (χ2n) is 9.75. The van der Waals surface area contributed by atoms with Crippen LogP contribution in [0.4, 0.5) is 0 Å². The van der Waals surface area contributed by atoms with Crippen LogP contribution in [0.1, 0.15) is 69.3 Å². The second kappa shape index (κ2) is 7.63. The van der Waals surface area contributed by atoms with Crippen LogP contribution in [0, 0.1) is 17.8 Å². The van der Waals surface area contributed by atoms with E-state index in [0.29, 0.717) is 0 Å². The first-order valence-corrected chi connectivity index (χ1v) is 11.3. The van der Waals surface area contributed by atoms with Crippen molar-refractivity contribution in [3.8, 4) is 0 Å². The Morgan fingerprint density at radius 2 is 1.77 bits per heavy atom. The highest BCUT2D eigenvalue weighted by Gasteiger charge is 2.36. The van der Waals surface area contributed by atoms with Gasteiger partial charge in [-0.05, 0) is 43.4 Å². The molecule has 5 fully saturated rings. The van der Waals surface area contributed by atoms with Crippen LogP contribution in [0.2, 0.25) is 0 Å². The molecule has 0 aromatic carbocycles. The summed E-state index contributed by atoms with van der Waals surface area (Å²) in [5.41, 5.74) is 1.34. The maximum atomic E-state index is 4.70. The van der Waals surface area contributed by atoms with Gasteiger partial charge in [-0.2, -0.15) is 0 Å². The van der Waals surface area contributed by atoms with Gasteiger partial charge in [0.25, 0.3) is 0 Å². The Hall–Kier alpha value is -0.870. The van der Waals surface area contributed by atoms with Crippen LogP contribution in [0.5, 0.6) is 0 Å². The third-order valence-corrected chi connectivity index (χ3v) is 7.65. The van der Waals surface area contributed by atoms with Crippen LogP contribution >= 0.6 is 0 Å². The molecule has 4 heterocycles. The molecule has 4 nitrogen and oxygen atoms in total. The molecule has 3 saturated heterocycles. The Kier molecular flexibility index (Phi) is 5.06. The number of hydrogen-bond acceptors (Lipinski definition) is 3. The van der Waals surface area contributed by atoms with E-state index in [9.17, 15) is 0 Å². The number of fused-ring (bicyclic) bond motifs is 4. The largest absolute Gasteiger partial charge is 0.345 e. The zero-order valence-corrected chi connectivity index (χ0v) is 16.3. The van der Waals surface area contributed by atoms with E-state index in [0.717, 1.165) is 30.3 Å². The molecule has 3 aliphatic heterocycles. The monoisotopic (exact) mass is 356 g/mol. The van der Waals surface area contributed by atoms with Crippen molar-refractivity contribution in [2.24, 2.45) is 17.8 Å². The van der Waals surface area contributed by atoms with E-state index in [1.54, 1.807) is 0 Å². The SMILES string of the molecule is c1nc(CC2CCCC2)[nH]c1CN1C[C@@H]2CC[C@H](C1)N(CC1CCC1)C2. The van der Waals surface area contributed by atoms with Gasteiger partial charge in [-0.1, -0.05) is 32.1 Å². The number of nitrogens with zero attached hydrogens (tertiary/aromatic N) is 3. The molecule has 5 aliphatic rings. The third-order valence-electron chi connectivity index (χ3n) is 7.65. The number of H-pyrrole nitrogens is 1. The van der Waals surface area contributed by atoms with Crippen LogP contribution in [0.25, 0.3) is 0 Å². The van der Waals surface area contributed by atoms with Crippen molar-refractivity contribution in [1.29, 1.82) is 0 Å². The van der Waals surface area contributed by atoms with E-state index >= 15 is 0 Å². The zero-order valence-electron chi connectivity index (χ0n) is 16.3. The standard InChI is InChI=1S/C22H36N4/c1-2-5-17(4-1)10-22-23-11-20(24-22)15-25-12-19-8-9-21(16-25)26(14-19)13-18-6-3-7-18/h11,17-19,21H,1-10,12-16H2,(H,23,24)/t19-,21+/m0/s1. The Bertz CT molecular complexity index is 587. The molecule has 1 aromatic heterocycles. The molecule has 2 atom stereocenters. The summed E-state index contributed by atoms with van der Waals surface area (Å²) in [5.74, 6) is 4.00. The van der Waals surface area contributed by atoms with Crippen molar-refractivity contribution in [2.45, 2.75) is 76.8 Å². The Balaban J connectivity index is 1.17. The summed E-state index contributed by atoms with van der Waals surface area (Å²) in [6, 6.07) is 0.801. The summed E-state index contributed by atoms with van der Waals surface area (Å²) < 4.78 is 0. The maximum absolute atomic E-state index is 4.70. The molecule has 2 bridgehead atoms. The van der Waals surface area contributed by atoms with Gasteiger partial charge in [0.15, 0.2) is 0 Å². The number of nitrogens with one attached hydrogen (secondary N) is 1. The van der Waals surface area contributed by atoms with E-state index < -0.39 is 0 Å². The third kappa shape index (κ3) is 3.87. The van der Waals surface area contributed by atoms with Gasteiger partial charge in [-0.25, -0.2) is 4.98 Å². The summed E-state index contributed by atoms with van der Waals surface area (Å²) in [6.07, 6.45) is 16.2. The molecule has 0 unspecified atom stereocenters. The predicted molar refractivity (Wildman–Crippen MR) is 105 cm³/mol. The molecule has 144 valence electrons. The molecule has 0 spiro atoms. The molecule has 4 heteroatoms. The normalized spacial score (nSPS) is 31.4. The van der Waals surface area contributed by atoms with Gasteiger partial charge in [0, 0.05) is 57.1 Å². The molecule has 2 aliphatic carbocycles. The Morgan fingerprint density at radius 1 is 0.923 bits per heavy atom. The zero-order chi connectivity index (χ0) is 17.3. The molecular weight excluding hydrogens is 320 g/mol. The topological polar surface area (TPSA) is 35.2 Å². The second-order valence-corrected chi connectivity index (χ2v) is 9.75. The minimum absolute atomic E-state index is 0.801. The van der Waals surface area contributed by atoms with E-state index in [4.69, 9.17) is 4.98 Å². The average Bonchev–Trinajstić information content (AvgIpc) is 3.18. The van der Waals surface area contributed by atoms with E-state index in [2.05, 4.69) is 21.0 Å². The summed E-state index contributed by atoms with van der Waals surface area (Å²) in [6.45, 7) is 6.36. The number of aromatic amines is 1. The lowest BCUT2D eigenvalue weighted by Gasteiger charge is -2.40. The van der Waals surface area contributed by atoms with Gasteiger partial charge < -0.3 is 4.98 Å². The smallest absolute Gasteiger partial charge is 0.106 e. The lowest BCUT2D eigenvalue weighted by molar-refractivity contribution is 0.0890. The van der Waals surface area contributed by atoms with Crippen LogP contribution < -0.4 is 0 Å². The molecule has 0 radical (unpaired) electrons. The predicted octanol–water partition coefficient (Wildman–Crippen LogP) is 3.84. The Morgan fingerprint density at radius 3 is 2.58 bits per heavy atom. The lowest BCUT2D eigenvalue weighted by atomic mass is 9.83. The van der Waals surface area contributed by atoms with Crippen LogP contribution in [-0.4, -0.2) is 52.0 Å². The fraction of sp³-hybridized carbons (Fsp3) is 0.864. The summed E-state index contributed by atoms with van der Waals surface area (Å²) in [7, 11) is 0. The Labute approximate surface area is 158 Å². The average molecular weight is 357 g/mol. The van der Waals surface area contributed by atoms with Gasteiger partial charge >= 0.3 is 0 Å². The van der Waals surface area contributed by atoms with Crippen molar-refractivity contribution >= 4 is 0 Å². The maximum Gasteiger partial charge on any atom is 0.106 e. The molecule has 26 heavy (non-hydrogen) atoms. The molecule has 1 N–H and O–H groups in total. The fourth-order valence-corrected chi connectivity index (χ4v) is 5.95. The molecule has 0 amide bonds. The van der Waals surface area contributed by atoms with Crippen molar-refractivity contribution in [3.05, 3.63) is 17.7 Å². The van der Waals surface area contributed by atoms with Gasteiger partial charge in [0.05, 0.1) is 0 Å². The minimum Gasteiger partial charge on any atom is -0.345 e.